The molecule has 0 aliphatic heterocycles. The van der Waals surface area contributed by atoms with Crippen LogP contribution in [0.1, 0.15) is 12.0 Å². The minimum Gasteiger partial charge on any atom is -0.355 e. The van der Waals surface area contributed by atoms with Crippen molar-refractivity contribution >= 4 is 17.7 Å². The molecule has 1 N–H and O–H groups in total. The van der Waals surface area contributed by atoms with Gasteiger partial charge in [0.05, 0.1) is 5.75 Å². The molecule has 2 aromatic carbocycles. The first kappa shape index (κ1) is 17.6. The first-order valence-electron chi connectivity index (χ1n) is 7.91. The van der Waals surface area contributed by atoms with Crippen molar-refractivity contribution in [3.05, 3.63) is 66.2 Å². The van der Waals surface area contributed by atoms with Crippen LogP contribution in [0.15, 0.2) is 65.6 Å². The minimum atomic E-state index is 0.101. The van der Waals surface area contributed by atoms with Crippen molar-refractivity contribution in [3.63, 3.8) is 0 Å². The quantitative estimate of drug-likeness (QED) is 0.565. The molecule has 0 aliphatic rings. The zero-order valence-electron chi connectivity index (χ0n) is 13.6. The Morgan fingerprint density at radius 2 is 1.70 bits per heavy atom. The number of hydrogen-bond acceptors (Lipinski definition) is 3. The summed E-state index contributed by atoms with van der Waals surface area (Å²) in [4.78, 5) is 15.2. The summed E-state index contributed by atoms with van der Waals surface area (Å²) in [5, 5.41) is 2.99. The Balaban J connectivity index is 1.55. The molecule has 0 aromatic heterocycles. The van der Waals surface area contributed by atoms with Crippen LogP contribution in [0.2, 0.25) is 0 Å². The average Bonchev–Trinajstić information content (AvgIpc) is 2.59. The second kappa shape index (κ2) is 10.1. The number of thioether (sulfide) groups is 1. The van der Waals surface area contributed by atoms with E-state index in [2.05, 4.69) is 41.5 Å². The topological polar surface area (TPSA) is 32.3 Å². The molecule has 0 saturated heterocycles. The third-order valence-electron chi connectivity index (χ3n) is 3.45. The van der Waals surface area contributed by atoms with Crippen LogP contribution in [-0.2, 0) is 11.3 Å². The van der Waals surface area contributed by atoms with E-state index in [0.29, 0.717) is 5.75 Å². The Morgan fingerprint density at radius 1 is 1.04 bits per heavy atom. The van der Waals surface area contributed by atoms with Gasteiger partial charge in [-0.05, 0) is 37.7 Å². The highest BCUT2D eigenvalue weighted by Crippen LogP contribution is 2.16. The summed E-state index contributed by atoms with van der Waals surface area (Å²) in [7, 11) is 2.11. The number of carbonyl (C=O) groups excluding carboxylic acids is 1. The Hall–Kier alpha value is -1.78. The highest BCUT2D eigenvalue weighted by molar-refractivity contribution is 8.00. The summed E-state index contributed by atoms with van der Waals surface area (Å²) >= 11 is 1.57. The van der Waals surface area contributed by atoms with Crippen LogP contribution in [0, 0.1) is 0 Å². The van der Waals surface area contributed by atoms with E-state index >= 15 is 0 Å². The highest BCUT2D eigenvalue weighted by Gasteiger charge is 2.03. The molecule has 3 nitrogen and oxygen atoms in total. The SMILES string of the molecule is CN(CCCNC(=O)CSc1ccccc1)Cc1ccccc1. The number of nitrogens with one attached hydrogen (secondary N) is 1. The molecule has 23 heavy (non-hydrogen) atoms. The van der Waals surface area contributed by atoms with Crippen molar-refractivity contribution in [2.45, 2.75) is 17.9 Å². The molecule has 2 aromatic rings. The maximum Gasteiger partial charge on any atom is 0.230 e. The number of amides is 1. The summed E-state index contributed by atoms with van der Waals surface area (Å²) in [6, 6.07) is 20.4. The van der Waals surface area contributed by atoms with Gasteiger partial charge in [-0.15, -0.1) is 11.8 Å². The average molecular weight is 328 g/mol. The van der Waals surface area contributed by atoms with Crippen LogP contribution in [0.5, 0.6) is 0 Å². The lowest BCUT2D eigenvalue weighted by molar-refractivity contribution is -0.118. The summed E-state index contributed by atoms with van der Waals surface area (Å²) in [6.07, 6.45) is 0.963. The van der Waals surface area contributed by atoms with Gasteiger partial charge in [0.25, 0.3) is 0 Å². The number of nitrogens with zero attached hydrogens (tertiary/aromatic N) is 1. The molecule has 0 atom stereocenters. The predicted molar refractivity (Wildman–Crippen MR) is 97.6 cm³/mol. The maximum atomic E-state index is 11.8. The fourth-order valence-electron chi connectivity index (χ4n) is 2.27. The molecule has 0 spiro atoms. The summed E-state index contributed by atoms with van der Waals surface area (Å²) in [5.74, 6) is 0.578. The molecule has 0 radical (unpaired) electrons. The first-order chi connectivity index (χ1) is 11.2. The largest absolute Gasteiger partial charge is 0.355 e. The van der Waals surface area contributed by atoms with Crippen molar-refractivity contribution in [3.8, 4) is 0 Å². The molecule has 2 rings (SSSR count). The van der Waals surface area contributed by atoms with E-state index in [1.54, 1.807) is 11.8 Å². The van der Waals surface area contributed by atoms with E-state index in [0.717, 1.165) is 31.0 Å². The number of hydrogen-bond donors (Lipinski definition) is 1. The molecule has 122 valence electrons. The zero-order chi connectivity index (χ0) is 16.3. The number of carbonyl (C=O) groups is 1. The van der Waals surface area contributed by atoms with Crippen LogP contribution < -0.4 is 5.32 Å². The van der Waals surface area contributed by atoms with Gasteiger partial charge < -0.3 is 10.2 Å². The summed E-state index contributed by atoms with van der Waals surface area (Å²) in [5.41, 5.74) is 1.32. The fraction of sp³-hybridized carbons (Fsp3) is 0.316. The van der Waals surface area contributed by atoms with E-state index in [1.165, 1.54) is 5.56 Å². The van der Waals surface area contributed by atoms with Gasteiger partial charge in [-0.25, -0.2) is 0 Å². The lowest BCUT2D eigenvalue weighted by atomic mass is 10.2. The minimum absolute atomic E-state index is 0.101. The van der Waals surface area contributed by atoms with E-state index in [4.69, 9.17) is 0 Å². The first-order valence-corrected chi connectivity index (χ1v) is 8.89. The molecule has 0 bridgehead atoms. The van der Waals surface area contributed by atoms with E-state index in [9.17, 15) is 4.79 Å². The smallest absolute Gasteiger partial charge is 0.230 e. The Kier molecular flexibility index (Phi) is 7.70. The van der Waals surface area contributed by atoms with Crippen molar-refractivity contribution in [1.29, 1.82) is 0 Å². The van der Waals surface area contributed by atoms with E-state index < -0.39 is 0 Å². The highest BCUT2D eigenvalue weighted by atomic mass is 32.2. The van der Waals surface area contributed by atoms with Crippen LogP contribution in [-0.4, -0.2) is 36.7 Å². The molecule has 0 fully saturated rings. The predicted octanol–water partition coefficient (Wildman–Crippen LogP) is 3.42. The monoisotopic (exact) mass is 328 g/mol. The number of benzene rings is 2. The van der Waals surface area contributed by atoms with E-state index in [1.807, 2.05) is 36.4 Å². The van der Waals surface area contributed by atoms with Crippen LogP contribution in [0.25, 0.3) is 0 Å². The molecule has 0 heterocycles. The Bertz CT molecular complexity index is 574. The van der Waals surface area contributed by atoms with Gasteiger partial charge in [-0.1, -0.05) is 48.5 Å². The zero-order valence-corrected chi connectivity index (χ0v) is 14.4. The van der Waals surface area contributed by atoms with Gasteiger partial charge in [0.1, 0.15) is 0 Å². The maximum absolute atomic E-state index is 11.8. The van der Waals surface area contributed by atoms with Crippen LogP contribution in [0.3, 0.4) is 0 Å². The van der Waals surface area contributed by atoms with Crippen molar-refractivity contribution in [2.75, 3.05) is 25.9 Å². The Morgan fingerprint density at radius 3 is 2.39 bits per heavy atom. The van der Waals surface area contributed by atoms with Gasteiger partial charge >= 0.3 is 0 Å². The second-order valence-corrected chi connectivity index (χ2v) is 6.58. The van der Waals surface area contributed by atoms with Crippen LogP contribution in [0.4, 0.5) is 0 Å². The number of rotatable bonds is 9. The molecule has 0 aliphatic carbocycles. The summed E-state index contributed by atoms with van der Waals surface area (Å²) in [6.45, 7) is 2.65. The second-order valence-electron chi connectivity index (χ2n) is 5.53. The molecule has 0 saturated carbocycles. The molecule has 0 unspecified atom stereocenters. The van der Waals surface area contributed by atoms with Gasteiger partial charge in [0.15, 0.2) is 0 Å². The van der Waals surface area contributed by atoms with Gasteiger partial charge in [0, 0.05) is 18.0 Å². The summed E-state index contributed by atoms with van der Waals surface area (Å²) < 4.78 is 0. The van der Waals surface area contributed by atoms with E-state index in [-0.39, 0.29) is 5.91 Å². The van der Waals surface area contributed by atoms with Gasteiger partial charge in [-0.2, -0.15) is 0 Å². The lowest BCUT2D eigenvalue weighted by Gasteiger charge is -2.16. The van der Waals surface area contributed by atoms with Crippen LogP contribution >= 0.6 is 11.8 Å². The third kappa shape index (κ3) is 7.35. The lowest BCUT2D eigenvalue weighted by Crippen LogP contribution is -2.29. The van der Waals surface area contributed by atoms with Gasteiger partial charge in [0.2, 0.25) is 5.91 Å². The third-order valence-corrected chi connectivity index (χ3v) is 4.46. The molecule has 1 amide bonds. The van der Waals surface area contributed by atoms with Gasteiger partial charge in [-0.3, -0.25) is 4.79 Å². The molecular weight excluding hydrogens is 304 g/mol. The standard InChI is InChI=1S/C19H24N2OS/c1-21(15-17-9-4-2-5-10-17)14-8-13-20-19(22)16-23-18-11-6-3-7-12-18/h2-7,9-12H,8,13-16H2,1H3,(H,20,22). The fourth-order valence-corrected chi connectivity index (χ4v) is 3.02. The molecule has 4 heteroatoms. The normalized spacial score (nSPS) is 10.7. The molecular formula is C19H24N2OS. The van der Waals surface area contributed by atoms with Crippen molar-refractivity contribution in [1.82, 2.24) is 10.2 Å². The van der Waals surface area contributed by atoms with Crippen molar-refractivity contribution < 1.29 is 4.79 Å². The van der Waals surface area contributed by atoms with Crippen molar-refractivity contribution in [2.24, 2.45) is 0 Å². The Labute approximate surface area is 143 Å².